The van der Waals surface area contributed by atoms with E-state index in [2.05, 4.69) is 15.3 Å². The van der Waals surface area contributed by atoms with Gasteiger partial charge < -0.3 is 20.9 Å². The molecule has 0 radical (unpaired) electrons. The van der Waals surface area contributed by atoms with Crippen LogP contribution in [0.25, 0.3) is 0 Å². The molecule has 18 heavy (non-hydrogen) atoms. The first-order valence-electron chi connectivity index (χ1n) is 4.95. The first kappa shape index (κ1) is 14.5. The van der Waals surface area contributed by atoms with Gasteiger partial charge in [0.25, 0.3) is 0 Å². The van der Waals surface area contributed by atoms with Gasteiger partial charge in [0.15, 0.2) is 0 Å². The topological polar surface area (TPSA) is 93.3 Å². The second kappa shape index (κ2) is 5.83. The average Bonchev–Trinajstić information content (AvgIpc) is 2.26. The van der Waals surface area contributed by atoms with E-state index in [4.69, 9.17) is 15.6 Å². The number of nitrogens with two attached hydrogens (primary N) is 1. The van der Waals surface area contributed by atoms with Crippen molar-refractivity contribution < 1.29 is 23.0 Å². The number of nitrogens with one attached hydrogen (secondary N) is 1. The van der Waals surface area contributed by atoms with E-state index in [0.29, 0.717) is 0 Å². The van der Waals surface area contributed by atoms with Crippen molar-refractivity contribution in [1.29, 1.82) is 0 Å². The van der Waals surface area contributed by atoms with E-state index in [1.807, 2.05) is 0 Å². The highest BCUT2D eigenvalue weighted by Gasteiger charge is 2.35. The van der Waals surface area contributed by atoms with Crippen LogP contribution in [0.2, 0.25) is 0 Å². The fourth-order valence-corrected chi connectivity index (χ4v) is 1.22. The number of rotatable bonds is 5. The lowest BCUT2D eigenvalue weighted by atomic mass is 10.3. The third-order valence-corrected chi connectivity index (χ3v) is 1.94. The van der Waals surface area contributed by atoms with Crippen LogP contribution >= 0.6 is 0 Å². The summed E-state index contributed by atoms with van der Waals surface area (Å²) in [4.78, 5) is 6.37. The summed E-state index contributed by atoms with van der Waals surface area (Å²) < 4.78 is 42.1. The molecule has 0 saturated carbocycles. The second-order valence-corrected chi connectivity index (χ2v) is 3.48. The predicted octanol–water partition coefficient (Wildman–Crippen LogP) is 0.497. The summed E-state index contributed by atoms with van der Waals surface area (Å²) in [6.07, 6.45) is -4.68. The minimum Gasteiger partial charge on any atom is -0.394 e. The Labute approximate surface area is 101 Å². The number of halogens is 3. The molecule has 0 aliphatic heterocycles. The van der Waals surface area contributed by atoms with Gasteiger partial charge in [0, 0.05) is 13.2 Å². The predicted molar refractivity (Wildman–Crippen MR) is 57.8 cm³/mol. The zero-order valence-electron chi connectivity index (χ0n) is 9.53. The Morgan fingerprint density at radius 2 is 2.17 bits per heavy atom. The molecule has 1 rings (SSSR count). The van der Waals surface area contributed by atoms with Gasteiger partial charge in [-0.3, -0.25) is 0 Å². The minimum absolute atomic E-state index is 0.113. The Morgan fingerprint density at radius 3 is 2.67 bits per heavy atom. The van der Waals surface area contributed by atoms with Gasteiger partial charge in [0.1, 0.15) is 11.6 Å². The Morgan fingerprint density at radius 1 is 1.50 bits per heavy atom. The molecule has 102 valence electrons. The molecule has 0 aliphatic rings. The zero-order chi connectivity index (χ0) is 13.8. The standard InChI is InChI=1S/C9H13F3N4O2/c1-18-4-5(3-17)14-7-2-6(13)15-8(16-7)9(10,11)12/h2,5,17H,3-4H2,1H3,(H3,13,14,15,16). The van der Waals surface area contributed by atoms with Crippen LogP contribution in [-0.2, 0) is 10.9 Å². The number of alkyl halides is 3. The van der Waals surface area contributed by atoms with Crippen LogP contribution in [0.3, 0.4) is 0 Å². The summed E-state index contributed by atoms with van der Waals surface area (Å²) in [5.74, 6) is -1.76. The molecule has 0 aliphatic carbocycles. The molecule has 1 aromatic rings. The number of ether oxygens (including phenoxy) is 1. The normalized spacial score (nSPS) is 13.4. The molecule has 1 atom stereocenters. The van der Waals surface area contributed by atoms with Gasteiger partial charge in [-0.05, 0) is 0 Å². The monoisotopic (exact) mass is 266 g/mol. The minimum atomic E-state index is -4.68. The highest BCUT2D eigenvalue weighted by molar-refractivity contribution is 5.45. The Balaban J connectivity index is 2.92. The maximum absolute atomic E-state index is 12.4. The number of anilines is 2. The van der Waals surface area contributed by atoms with E-state index in [0.717, 1.165) is 6.07 Å². The number of hydrogen-bond acceptors (Lipinski definition) is 6. The van der Waals surface area contributed by atoms with Gasteiger partial charge in [-0.2, -0.15) is 13.2 Å². The summed E-state index contributed by atoms with van der Waals surface area (Å²) >= 11 is 0. The van der Waals surface area contributed by atoms with Crippen molar-refractivity contribution in [2.24, 2.45) is 0 Å². The van der Waals surface area contributed by atoms with Crippen molar-refractivity contribution >= 4 is 11.6 Å². The van der Waals surface area contributed by atoms with Crippen LogP contribution < -0.4 is 11.1 Å². The molecule has 0 aromatic carbocycles. The number of methoxy groups -OCH3 is 1. The lowest BCUT2D eigenvalue weighted by molar-refractivity contribution is -0.144. The molecule has 1 heterocycles. The fraction of sp³-hybridized carbons (Fsp3) is 0.556. The van der Waals surface area contributed by atoms with Gasteiger partial charge in [-0.1, -0.05) is 0 Å². The van der Waals surface area contributed by atoms with Crippen LogP contribution in [0.4, 0.5) is 24.8 Å². The molecular formula is C9H13F3N4O2. The summed E-state index contributed by atoms with van der Waals surface area (Å²) in [6.45, 7) is -0.207. The summed E-state index contributed by atoms with van der Waals surface area (Å²) in [6, 6.07) is 0.568. The molecule has 1 aromatic heterocycles. The number of aliphatic hydroxyl groups is 1. The van der Waals surface area contributed by atoms with Gasteiger partial charge in [0.2, 0.25) is 5.82 Å². The quantitative estimate of drug-likeness (QED) is 0.718. The van der Waals surface area contributed by atoms with E-state index in [1.165, 1.54) is 7.11 Å². The van der Waals surface area contributed by atoms with Gasteiger partial charge in [-0.25, -0.2) is 9.97 Å². The lowest BCUT2D eigenvalue weighted by Crippen LogP contribution is -2.29. The van der Waals surface area contributed by atoms with E-state index in [-0.39, 0.29) is 24.8 Å². The number of aromatic nitrogens is 2. The van der Waals surface area contributed by atoms with Crippen LogP contribution in [0.1, 0.15) is 5.82 Å². The Kier molecular flexibility index (Phi) is 4.68. The van der Waals surface area contributed by atoms with Crippen LogP contribution in [-0.4, -0.2) is 41.4 Å². The maximum atomic E-state index is 12.4. The molecule has 0 saturated heterocycles. The Hall–Kier alpha value is -1.61. The van der Waals surface area contributed by atoms with Crippen LogP contribution in [0, 0.1) is 0 Å². The molecule has 0 spiro atoms. The second-order valence-electron chi connectivity index (χ2n) is 3.48. The van der Waals surface area contributed by atoms with Crippen molar-refractivity contribution in [1.82, 2.24) is 9.97 Å². The van der Waals surface area contributed by atoms with E-state index in [9.17, 15) is 13.2 Å². The van der Waals surface area contributed by atoms with Crippen molar-refractivity contribution in [3.63, 3.8) is 0 Å². The molecule has 9 heteroatoms. The molecule has 0 fully saturated rings. The SMILES string of the molecule is COCC(CO)Nc1cc(N)nc(C(F)(F)F)n1. The average molecular weight is 266 g/mol. The van der Waals surface area contributed by atoms with Crippen molar-refractivity contribution in [3.05, 3.63) is 11.9 Å². The maximum Gasteiger partial charge on any atom is 0.451 e. The third kappa shape index (κ3) is 4.00. The lowest BCUT2D eigenvalue weighted by Gasteiger charge is -2.16. The van der Waals surface area contributed by atoms with Crippen molar-refractivity contribution in [2.45, 2.75) is 12.2 Å². The van der Waals surface area contributed by atoms with E-state index >= 15 is 0 Å². The molecule has 1 unspecified atom stereocenters. The van der Waals surface area contributed by atoms with Gasteiger partial charge in [-0.15, -0.1) is 0 Å². The molecule has 0 bridgehead atoms. The molecule has 6 nitrogen and oxygen atoms in total. The number of nitrogens with zero attached hydrogens (tertiary/aromatic N) is 2. The first-order valence-corrected chi connectivity index (χ1v) is 4.95. The van der Waals surface area contributed by atoms with E-state index < -0.39 is 18.0 Å². The van der Waals surface area contributed by atoms with Gasteiger partial charge >= 0.3 is 6.18 Å². The number of hydrogen-bond donors (Lipinski definition) is 3. The summed E-state index contributed by atoms with van der Waals surface area (Å²) in [5, 5.41) is 11.6. The summed E-state index contributed by atoms with van der Waals surface area (Å²) in [5.41, 5.74) is 5.26. The molecular weight excluding hydrogens is 253 g/mol. The van der Waals surface area contributed by atoms with Crippen molar-refractivity contribution in [2.75, 3.05) is 31.4 Å². The Bertz CT molecular complexity index is 400. The summed E-state index contributed by atoms with van der Waals surface area (Å²) in [7, 11) is 1.40. The van der Waals surface area contributed by atoms with Crippen molar-refractivity contribution in [3.8, 4) is 0 Å². The molecule has 4 N–H and O–H groups in total. The van der Waals surface area contributed by atoms with E-state index in [1.54, 1.807) is 0 Å². The number of nitrogen functional groups attached to an aromatic ring is 1. The van der Waals surface area contributed by atoms with Crippen LogP contribution in [0.5, 0.6) is 0 Å². The highest BCUT2D eigenvalue weighted by atomic mass is 19.4. The first-order chi connectivity index (χ1) is 8.36. The van der Waals surface area contributed by atoms with Crippen LogP contribution in [0.15, 0.2) is 6.07 Å². The molecule has 0 amide bonds. The number of aliphatic hydroxyl groups excluding tert-OH is 1. The third-order valence-electron chi connectivity index (χ3n) is 1.94. The fourth-order valence-electron chi connectivity index (χ4n) is 1.22. The van der Waals surface area contributed by atoms with Gasteiger partial charge in [0.05, 0.1) is 19.3 Å². The highest BCUT2D eigenvalue weighted by Crippen LogP contribution is 2.27. The zero-order valence-corrected chi connectivity index (χ0v) is 9.53. The largest absolute Gasteiger partial charge is 0.451 e. The smallest absolute Gasteiger partial charge is 0.394 e.